The summed E-state index contributed by atoms with van der Waals surface area (Å²) in [6.45, 7) is 4.48. The number of benzene rings is 2. The average molecular weight is 368 g/mol. The minimum absolute atomic E-state index is 0.0456. The predicted octanol–water partition coefficient (Wildman–Crippen LogP) is 2.45. The molecule has 6 heteroatoms. The number of amides is 2. The monoisotopic (exact) mass is 368 g/mol. The third-order valence-corrected chi connectivity index (χ3v) is 4.48. The Balaban J connectivity index is 1.55. The van der Waals surface area contributed by atoms with Gasteiger partial charge in [0, 0.05) is 33.1 Å². The van der Waals surface area contributed by atoms with Crippen molar-refractivity contribution in [1.29, 1.82) is 0 Å². The Morgan fingerprint density at radius 1 is 0.815 bits per heavy atom. The SMILES string of the molecule is CC(=O)N1CCN(C(=O)c2ccccc2OCCOc2ccccc2)CC1. The minimum atomic E-state index is -0.0715. The highest BCUT2D eigenvalue weighted by molar-refractivity contribution is 5.97. The fourth-order valence-corrected chi connectivity index (χ4v) is 2.99. The first-order valence-electron chi connectivity index (χ1n) is 9.09. The molecule has 0 saturated carbocycles. The van der Waals surface area contributed by atoms with Crippen LogP contribution < -0.4 is 9.47 Å². The molecule has 1 aliphatic rings. The molecule has 0 unspecified atom stereocenters. The van der Waals surface area contributed by atoms with E-state index in [9.17, 15) is 9.59 Å². The molecule has 1 fully saturated rings. The van der Waals surface area contributed by atoms with Crippen LogP contribution in [0.15, 0.2) is 54.6 Å². The van der Waals surface area contributed by atoms with Gasteiger partial charge < -0.3 is 19.3 Å². The molecule has 0 aromatic heterocycles. The Morgan fingerprint density at radius 2 is 1.41 bits per heavy atom. The third kappa shape index (κ3) is 5.00. The highest BCUT2D eigenvalue weighted by Gasteiger charge is 2.25. The summed E-state index contributed by atoms with van der Waals surface area (Å²) < 4.78 is 11.4. The van der Waals surface area contributed by atoms with Gasteiger partial charge in [-0.2, -0.15) is 0 Å². The lowest BCUT2D eigenvalue weighted by molar-refractivity contribution is -0.130. The second-order valence-corrected chi connectivity index (χ2v) is 6.30. The lowest BCUT2D eigenvalue weighted by Gasteiger charge is -2.34. The summed E-state index contributed by atoms with van der Waals surface area (Å²) in [5.41, 5.74) is 0.536. The van der Waals surface area contributed by atoms with Crippen LogP contribution >= 0.6 is 0 Å². The van der Waals surface area contributed by atoms with Crippen molar-refractivity contribution in [2.45, 2.75) is 6.92 Å². The van der Waals surface area contributed by atoms with Crippen LogP contribution in [0.2, 0.25) is 0 Å². The highest BCUT2D eigenvalue weighted by atomic mass is 16.5. The van der Waals surface area contributed by atoms with E-state index in [1.165, 1.54) is 0 Å². The van der Waals surface area contributed by atoms with E-state index in [-0.39, 0.29) is 11.8 Å². The van der Waals surface area contributed by atoms with Crippen LogP contribution in [0.5, 0.6) is 11.5 Å². The summed E-state index contributed by atoms with van der Waals surface area (Å²) in [5, 5.41) is 0. The molecule has 0 spiro atoms. The second-order valence-electron chi connectivity index (χ2n) is 6.30. The van der Waals surface area contributed by atoms with E-state index in [1.807, 2.05) is 42.5 Å². The molecule has 2 aromatic rings. The van der Waals surface area contributed by atoms with Gasteiger partial charge in [0.15, 0.2) is 0 Å². The Hall–Kier alpha value is -3.02. The Bertz CT molecular complexity index is 771. The van der Waals surface area contributed by atoms with E-state index in [4.69, 9.17) is 9.47 Å². The Labute approximate surface area is 159 Å². The van der Waals surface area contributed by atoms with Gasteiger partial charge in [-0.05, 0) is 24.3 Å². The molecule has 27 heavy (non-hydrogen) atoms. The molecule has 142 valence electrons. The number of hydrogen-bond acceptors (Lipinski definition) is 4. The summed E-state index contributed by atoms with van der Waals surface area (Å²) in [6, 6.07) is 16.8. The number of ether oxygens (including phenoxy) is 2. The summed E-state index contributed by atoms with van der Waals surface area (Å²) >= 11 is 0. The maximum atomic E-state index is 12.9. The number of para-hydroxylation sites is 2. The number of hydrogen-bond donors (Lipinski definition) is 0. The van der Waals surface area contributed by atoms with Crippen molar-refractivity contribution >= 4 is 11.8 Å². The summed E-state index contributed by atoms with van der Waals surface area (Å²) in [7, 11) is 0. The first-order valence-corrected chi connectivity index (χ1v) is 9.09. The van der Waals surface area contributed by atoms with Gasteiger partial charge in [0.2, 0.25) is 5.91 Å². The normalized spacial score (nSPS) is 14.0. The average Bonchev–Trinajstić information content (AvgIpc) is 2.72. The fraction of sp³-hybridized carbons (Fsp3) is 0.333. The van der Waals surface area contributed by atoms with Crippen molar-refractivity contribution in [3.63, 3.8) is 0 Å². The zero-order valence-electron chi connectivity index (χ0n) is 15.5. The van der Waals surface area contributed by atoms with Crippen LogP contribution in [0.1, 0.15) is 17.3 Å². The number of rotatable bonds is 6. The number of piperazine rings is 1. The maximum Gasteiger partial charge on any atom is 0.257 e. The molecular weight excluding hydrogens is 344 g/mol. The molecule has 1 saturated heterocycles. The van der Waals surface area contributed by atoms with Crippen LogP contribution in [0.3, 0.4) is 0 Å². The summed E-state index contributed by atoms with van der Waals surface area (Å²) in [4.78, 5) is 27.8. The lowest BCUT2D eigenvalue weighted by Crippen LogP contribution is -2.50. The first-order chi connectivity index (χ1) is 13.1. The van der Waals surface area contributed by atoms with Crippen LogP contribution in [-0.4, -0.2) is 61.0 Å². The topological polar surface area (TPSA) is 59.1 Å². The smallest absolute Gasteiger partial charge is 0.257 e. The molecule has 0 atom stereocenters. The van der Waals surface area contributed by atoms with E-state index in [0.717, 1.165) is 5.75 Å². The van der Waals surface area contributed by atoms with E-state index < -0.39 is 0 Å². The third-order valence-electron chi connectivity index (χ3n) is 4.48. The first kappa shape index (κ1) is 18.8. The Morgan fingerprint density at radius 3 is 2.11 bits per heavy atom. The van der Waals surface area contributed by atoms with E-state index >= 15 is 0 Å². The molecule has 0 aliphatic carbocycles. The molecule has 0 bridgehead atoms. The van der Waals surface area contributed by atoms with Crippen molar-refractivity contribution in [2.75, 3.05) is 39.4 Å². The Kier molecular flexibility index (Phi) is 6.30. The standard InChI is InChI=1S/C21H24N2O4/c1-17(24)22-11-13-23(14-12-22)21(25)19-9-5-6-10-20(19)27-16-15-26-18-7-3-2-4-8-18/h2-10H,11-16H2,1H3. The molecule has 1 aliphatic heterocycles. The molecule has 1 heterocycles. The van der Waals surface area contributed by atoms with E-state index in [0.29, 0.717) is 50.7 Å². The largest absolute Gasteiger partial charge is 0.490 e. The zero-order chi connectivity index (χ0) is 19.1. The summed E-state index contributed by atoms with van der Waals surface area (Å²) in [5.74, 6) is 1.31. The minimum Gasteiger partial charge on any atom is -0.490 e. The molecule has 0 N–H and O–H groups in total. The van der Waals surface area contributed by atoms with Gasteiger partial charge in [-0.15, -0.1) is 0 Å². The lowest BCUT2D eigenvalue weighted by atomic mass is 10.1. The van der Waals surface area contributed by atoms with Gasteiger partial charge in [-0.25, -0.2) is 0 Å². The molecule has 0 radical (unpaired) electrons. The van der Waals surface area contributed by atoms with Gasteiger partial charge in [-0.1, -0.05) is 30.3 Å². The van der Waals surface area contributed by atoms with Gasteiger partial charge in [0.05, 0.1) is 5.56 Å². The van der Waals surface area contributed by atoms with Crippen LogP contribution in [0.4, 0.5) is 0 Å². The molecule has 2 amide bonds. The number of nitrogens with zero attached hydrogens (tertiary/aromatic N) is 2. The molecule has 2 aromatic carbocycles. The zero-order valence-corrected chi connectivity index (χ0v) is 15.5. The van der Waals surface area contributed by atoms with E-state index in [1.54, 1.807) is 28.9 Å². The molecule has 3 rings (SSSR count). The van der Waals surface area contributed by atoms with Crippen molar-refractivity contribution in [2.24, 2.45) is 0 Å². The fourth-order valence-electron chi connectivity index (χ4n) is 2.99. The van der Waals surface area contributed by atoms with Crippen LogP contribution in [-0.2, 0) is 4.79 Å². The second kappa shape index (κ2) is 9.07. The van der Waals surface area contributed by atoms with E-state index in [2.05, 4.69) is 0 Å². The number of carbonyl (C=O) groups excluding carboxylic acids is 2. The van der Waals surface area contributed by atoms with Crippen molar-refractivity contribution < 1.29 is 19.1 Å². The van der Waals surface area contributed by atoms with Crippen molar-refractivity contribution in [1.82, 2.24) is 9.80 Å². The summed E-state index contributed by atoms with van der Waals surface area (Å²) in [6.07, 6.45) is 0. The van der Waals surface area contributed by atoms with Crippen LogP contribution in [0.25, 0.3) is 0 Å². The van der Waals surface area contributed by atoms with Crippen molar-refractivity contribution in [3.05, 3.63) is 60.2 Å². The van der Waals surface area contributed by atoms with Gasteiger partial charge in [0.1, 0.15) is 24.7 Å². The van der Waals surface area contributed by atoms with Crippen molar-refractivity contribution in [3.8, 4) is 11.5 Å². The van der Waals surface area contributed by atoms with Gasteiger partial charge in [-0.3, -0.25) is 9.59 Å². The van der Waals surface area contributed by atoms with Gasteiger partial charge in [0.25, 0.3) is 5.91 Å². The molecular formula is C21H24N2O4. The maximum absolute atomic E-state index is 12.9. The highest BCUT2D eigenvalue weighted by Crippen LogP contribution is 2.21. The predicted molar refractivity (Wildman–Crippen MR) is 102 cm³/mol. The number of carbonyl (C=O) groups is 2. The molecule has 6 nitrogen and oxygen atoms in total. The quantitative estimate of drug-likeness (QED) is 0.735. The van der Waals surface area contributed by atoms with Gasteiger partial charge >= 0.3 is 0 Å². The van der Waals surface area contributed by atoms with Crippen LogP contribution in [0, 0.1) is 0 Å².